The molecule has 0 aliphatic carbocycles. The summed E-state index contributed by atoms with van der Waals surface area (Å²) in [5.41, 5.74) is 0. The van der Waals surface area contributed by atoms with Gasteiger partial charge in [0.25, 0.3) is 5.03 Å². The SMILES string of the molecule is C[S+]([O-])c1nc(N2C3COC[C@@H]2C[C@H](O)C3)ncc1Cl. The van der Waals surface area contributed by atoms with Gasteiger partial charge in [-0.1, -0.05) is 11.6 Å². The Morgan fingerprint density at radius 2 is 2.10 bits per heavy atom. The fourth-order valence-corrected chi connectivity index (χ4v) is 3.84. The Balaban J connectivity index is 1.94. The zero-order valence-electron chi connectivity index (χ0n) is 11.0. The van der Waals surface area contributed by atoms with Gasteiger partial charge < -0.3 is 19.3 Å². The van der Waals surface area contributed by atoms with Gasteiger partial charge in [-0.2, -0.15) is 4.98 Å². The van der Waals surface area contributed by atoms with Crippen LogP contribution in [0.15, 0.2) is 11.2 Å². The first-order valence-corrected chi connectivity index (χ1v) is 8.40. The lowest BCUT2D eigenvalue weighted by atomic mass is 9.92. The van der Waals surface area contributed by atoms with Crippen LogP contribution in [0.5, 0.6) is 0 Å². The quantitative estimate of drug-likeness (QED) is 0.635. The van der Waals surface area contributed by atoms with Crippen molar-refractivity contribution in [2.24, 2.45) is 0 Å². The van der Waals surface area contributed by atoms with Crippen LogP contribution in [0.2, 0.25) is 5.02 Å². The van der Waals surface area contributed by atoms with Crippen molar-refractivity contribution in [3.8, 4) is 0 Å². The monoisotopic (exact) mass is 317 g/mol. The topological polar surface area (TPSA) is 81.5 Å². The number of hydrogen-bond acceptors (Lipinski definition) is 6. The molecule has 2 aliphatic rings. The van der Waals surface area contributed by atoms with Gasteiger partial charge in [0.1, 0.15) is 11.3 Å². The number of aliphatic hydroxyl groups is 1. The van der Waals surface area contributed by atoms with Crippen LogP contribution in [0.1, 0.15) is 12.8 Å². The van der Waals surface area contributed by atoms with Crippen molar-refractivity contribution in [3.05, 3.63) is 11.2 Å². The molecular weight excluding hydrogens is 302 g/mol. The van der Waals surface area contributed by atoms with Gasteiger partial charge in [-0.3, -0.25) is 0 Å². The average molecular weight is 318 g/mol. The smallest absolute Gasteiger partial charge is 0.267 e. The van der Waals surface area contributed by atoms with E-state index in [4.69, 9.17) is 16.3 Å². The summed E-state index contributed by atoms with van der Waals surface area (Å²) < 4.78 is 17.2. The summed E-state index contributed by atoms with van der Waals surface area (Å²) in [5, 5.41) is 10.5. The molecule has 1 N–H and O–H groups in total. The van der Waals surface area contributed by atoms with Gasteiger partial charge in [0, 0.05) is 11.2 Å². The van der Waals surface area contributed by atoms with Crippen LogP contribution in [0.3, 0.4) is 0 Å². The first kappa shape index (κ1) is 14.3. The maximum atomic E-state index is 11.7. The van der Waals surface area contributed by atoms with Crippen molar-refractivity contribution in [1.82, 2.24) is 9.97 Å². The van der Waals surface area contributed by atoms with E-state index >= 15 is 0 Å². The van der Waals surface area contributed by atoms with Crippen LogP contribution in [-0.4, -0.2) is 57.3 Å². The third kappa shape index (κ3) is 2.60. The number of nitrogens with zero attached hydrogens (tertiary/aromatic N) is 3. The summed E-state index contributed by atoms with van der Waals surface area (Å²) in [6.45, 7) is 1.09. The fourth-order valence-electron chi connectivity index (χ4n) is 2.88. The zero-order chi connectivity index (χ0) is 14.3. The van der Waals surface area contributed by atoms with Crippen LogP contribution in [0.4, 0.5) is 5.95 Å². The van der Waals surface area contributed by atoms with Gasteiger partial charge in [0.05, 0.1) is 37.6 Å². The minimum atomic E-state index is -1.26. The second kappa shape index (κ2) is 5.65. The van der Waals surface area contributed by atoms with Crippen LogP contribution in [-0.2, 0) is 15.9 Å². The predicted molar refractivity (Wildman–Crippen MR) is 75.5 cm³/mol. The van der Waals surface area contributed by atoms with Crippen LogP contribution < -0.4 is 4.90 Å². The van der Waals surface area contributed by atoms with Crippen molar-refractivity contribution < 1.29 is 14.4 Å². The first-order chi connectivity index (χ1) is 9.56. The Morgan fingerprint density at radius 3 is 2.70 bits per heavy atom. The molecule has 2 fully saturated rings. The molecule has 110 valence electrons. The highest BCUT2D eigenvalue weighted by Crippen LogP contribution is 2.32. The third-order valence-corrected chi connectivity index (χ3v) is 4.94. The predicted octanol–water partition coefficient (Wildman–Crippen LogP) is 0.596. The minimum Gasteiger partial charge on any atom is -0.610 e. The highest BCUT2D eigenvalue weighted by atomic mass is 35.5. The van der Waals surface area contributed by atoms with E-state index in [0.29, 0.717) is 42.1 Å². The van der Waals surface area contributed by atoms with Crippen molar-refractivity contribution in [2.75, 3.05) is 24.4 Å². The Hall–Kier alpha value is -0.600. The molecule has 6 nitrogen and oxygen atoms in total. The molecule has 4 atom stereocenters. The maximum Gasteiger partial charge on any atom is 0.267 e. The van der Waals surface area contributed by atoms with E-state index in [-0.39, 0.29) is 18.2 Å². The molecule has 0 saturated carbocycles. The van der Waals surface area contributed by atoms with E-state index in [1.165, 1.54) is 6.20 Å². The molecule has 2 bridgehead atoms. The van der Waals surface area contributed by atoms with Gasteiger partial charge in [-0.15, -0.1) is 0 Å². The van der Waals surface area contributed by atoms with E-state index in [1.807, 2.05) is 0 Å². The van der Waals surface area contributed by atoms with Crippen LogP contribution in [0.25, 0.3) is 0 Å². The molecule has 20 heavy (non-hydrogen) atoms. The number of piperidine rings is 1. The van der Waals surface area contributed by atoms with Crippen LogP contribution in [0, 0.1) is 0 Å². The molecule has 0 amide bonds. The molecule has 2 aliphatic heterocycles. The second-order valence-corrected chi connectivity index (χ2v) is 6.86. The molecule has 1 aromatic heterocycles. The number of halogens is 1. The lowest BCUT2D eigenvalue weighted by Gasteiger charge is -2.47. The Labute approximate surface area is 125 Å². The number of rotatable bonds is 2. The third-order valence-electron chi connectivity index (χ3n) is 3.70. The summed E-state index contributed by atoms with van der Waals surface area (Å²) in [6.07, 6.45) is 3.99. The molecular formula is C12H16ClN3O3S. The van der Waals surface area contributed by atoms with Crippen molar-refractivity contribution in [2.45, 2.75) is 36.1 Å². The average Bonchev–Trinajstić information content (AvgIpc) is 2.38. The van der Waals surface area contributed by atoms with E-state index < -0.39 is 11.2 Å². The van der Waals surface area contributed by atoms with E-state index in [2.05, 4.69) is 14.9 Å². The van der Waals surface area contributed by atoms with Crippen molar-refractivity contribution >= 4 is 28.7 Å². The Kier molecular flexibility index (Phi) is 4.05. The summed E-state index contributed by atoms with van der Waals surface area (Å²) in [6, 6.07) is 0.105. The lowest BCUT2D eigenvalue weighted by molar-refractivity contribution is 0.000272. The van der Waals surface area contributed by atoms with E-state index in [0.717, 1.165) is 0 Å². The zero-order valence-corrected chi connectivity index (χ0v) is 12.6. The number of aromatic nitrogens is 2. The molecule has 3 heterocycles. The number of anilines is 1. The molecule has 0 aromatic carbocycles. The normalized spacial score (nSPS) is 31.2. The molecule has 0 radical (unpaired) electrons. The summed E-state index contributed by atoms with van der Waals surface area (Å²) in [5.74, 6) is 0.518. The second-order valence-electron chi connectivity index (χ2n) is 5.15. The molecule has 2 unspecified atom stereocenters. The summed E-state index contributed by atoms with van der Waals surface area (Å²) >= 11 is 4.71. The fraction of sp³-hybridized carbons (Fsp3) is 0.667. The highest BCUT2D eigenvalue weighted by molar-refractivity contribution is 7.90. The van der Waals surface area contributed by atoms with Crippen LogP contribution >= 0.6 is 11.6 Å². The Morgan fingerprint density at radius 1 is 1.45 bits per heavy atom. The van der Waals surface area contributed by atoms with Crippen molar-refractivity contribution in [1.29, 1.82) is 0 Å². The number of ether oxygens (including phenoxy) is 1. The first-order valence-electron chi connectivity index (χ1n) is 6.46. The number of fused-ring (bicyclic) bond motifs is 2. The van der Waals surface area contributed by atoms with Gasteiger partial charge in [-0.05, 0) is 12.8 Å². The molecule has 8 heteroatoms. The van der Waals surface area contributed by atoms with E-state index in [1.54, 1.807) is 6.26 Å². The van der Waals surface area contributed by atoms with Crippen molar-refractivity contribution in [3.63, 3.8) is 0 Å². The Bertz CT molecular complexity index is 491. The standard InChI is InChI=1S/C12H16ClN3O3S/c1-20(18)11-10(13)4-14-12(15-11)16-7-2-9(17)3-8(16)6-19-5-7/h4,7-9,17H,2-3,5-6H2,1H3/t7-,8?,9-,20?/m0/s1. The molecule has 1 aromatic rings. The summed E-state index contributed by atoms with van der Waals surface area (Å²) in [7, 11) is 0. The number of aliphatic hydroxyl groups excluding tert-OH is 1. The number of hydrogen-bond donors (Lipinski definition) is 1. The largest absolute Gasteiger partial charge is 0.610 e. The maximum absolute atomic E-state index is 11.7. The molecule has 0 spiro atoms. The molecule has 2 saturated heterocycles. The van der Waals surface area contributed by atoms with E-state index in [9.17, 15) is 9.66 Å². The van der Waals surface area contributed by atoms with Gasteiger partial charge in [-0.25, -0.2) is 4.98 Å². The van der Waals surface area contributed by atoms with Gasteiger partial charge in [0.15, 0.2) is 0 Å². The highest BCUT2D eigenvalue weighted by Gasteiger charge is 2.40. The van der Waals surface area contributed by atoms with Gasteiger partial charge in [0.2, 0.25) is 5.95 Å². The summed E-state index contributed by atoms with van der Waals surface area (Å²) in [4.78, 5) is 10.7. The minimum absolute atomic E-state index is 0.0526. The lowest BCUT2D eigenvalue weighted by Crippen LogP contribution is -2.59. The number of morpholine rings is 1. The van der Waals surface area contributed by atoms with Gasteiger partial charge >= 0.3 is 0 Å². The molecule has 3 rings (SSSR count).